The van der Waals surface area contributed by atoms with E-state index in [1.165, 1.54) is 40.9 Å². The van der Waals surface area contributed by atoms with Gasteiger partial charge in [0.25, 0.3) is 5.91 Å². The summed E-state index contributed by atoms with van der Waals surface area (Å²) >= 11 is 12.7. The van der Waals surface area contributed by atoms with Gasteiger partial charge in [-0.1, -0.05) is 65.9 Å². The van der Waals surface area contributed by atoms with E-state index in [1.54, 1.807) is 18.2 Å². The number of benzene rings is 3. The molecule has 1 amide bonds. The van der Waals surface area contributed by atoms with Crippen LogP contribution in [0.5, 0.6) is 11.5 Å². The van der Waals surface area contributed by atoms with E-state index in [1.807, 2.05) is 36.4 Å². The first-order chi connectivity index (χ1) is 15.5. The maximum Gasteiger partial charge on any atom is 0.270 e. The number of nitrogens with zero attached hydrogens (tertiary/aromatic N) is 1. The van der Waals surface area contributed by atoms with E-state index in [9.17, 15) is 9.18 Å². The molecular weight excluding hydrogens is 469 g/mol. The number of carbonyl (C=O) groups is 1. The van der Waals surface area contributed by atoms with Crippen LogP contribution < -0.4 is 14.4 Å². The largest absolute Gasteiger partial charge is 0.489 e. The molecule has 0 aromatic heterocycles. The number of halogens is 2. The highest BCUT2D eigenvalue weighted by Crippen LogP contribution is 2.37. The minimum absolute atomic E-state index is 0.261. The predicted molar refractivity (Wildman–Crippen MR) is 131 cm³/mol. The summed E-state index contributed by atoms with van der Waals surface area (Å²) in [7, 11) is 0. The van der Waals surface area contributed by atoms with Gasteiger partial charge in [-0.2, -0.15) is 0 Å². The van der Waals surface area contributed by atoms with Crippen LogP contribution >= 0.6 is 35.6 Å². The number of amides is 1. The van der Waals surface area contributed by atoms with Gasteiger partial charge in [0.2, 0.25) is 0 Å². The maximum absolute atomic E-state index is 13.2. The molecule has 0 atom stereocenters. The SMILES string of the molecule is O=C1/C(=C/c2ccccc2OCCOc2ccccc2Cl)SC(=S)N1c1ccc(F)cc1. The zero-order chi connectivity index (χ0) is 22.5. The number of rotatable bonds is 7. The van der Waals surface area contributed by atoms with Crippen molar-refractivity contribution in [2.24, 2.45) is 0 Å². The molecule has 0 unspecified atom stereocenters. The number of hydrogen-bond acceptors (Lipinski definition) is 5. The van der Waals surface area contributed by atoms with Gasteiger partial charge in [-0.3, -0.25) is 9.69 Å². The van der Waals surface area contributed by atoms with E-state index in [4.69, 9.17) is 33.3 Å². The van der Waals surface area contributed by atoms with Gasteiger partial charge in [0.1, 0.15) is 30.5 Å². The molecule has 1 aliphatic heterocycles. The summed E-state index contributed by atoms with van der Waals surface area (Å²) in [5.74, 6) is 0.570. The summed E-state index contributed by atoms with van der Waals surface area (Å²) < 4.78 is 25.2. The molecule has 1 heterocycles. The van der Waals surface area contributed by atoms with Crippen LogP contribution in [0.4, 0.5) is 10.1 Å². The van der Waals surface area contributed by atoms with Gasteiger partial charge in [-0.05, 0) is 48.5 Å². The number of hydrogen-bond donors (Lipinski definition) is 0. The molecule has 1 fully saturated rings. The second kappa shape index (κ2) is 10.2. The van der Waals surface area contributed by atoms with Crippen molar-refractivity contribution in [3.05, 3.63) is 94.1 Å². The molecule has 8 heteroatoms. The monoisotopic (exact) mass is 485 g/mol. The van der Waals surface area contributed by atoms with Crippen molar-refractivity contribution in [2.45, 2.75) is 0 Å². The number of carbonyl (C=O) groups excluding carboxylic acids is 1. The number of anilines is 1. The molecule has 32 heavy (non-hydrogen) atoms. The first-order valence-electron chi connectivity index (χ1n) is 9.65. The zero-order valence-electron chi connectivity index (χ0n) is 16.7. The van der Waals surface area contributed by atoms with Crippen molar-refractivity contribution in [3.63, 3.8) is 0 Å². The van der Waals surface area contributed by atoms with Crippen LogP contribution in [0.3, 0.4) is 0 Å². The highest BCUT2D eigenvalue weighted by Gasteiger charge is 2.33. The Morgan fingerprint density at radius 2 is 1.56 bits per heavy atom. The first kappa shape index (κ1) is 22.3. The highest BCUT2D eigenvalue weighted by atomic mass is 35.5. The smallest absolute Gasteiger partial charge is 0.270 e. The molecule has 1 saturated heterocycles. The van der Waals surface area contributed by atoms with E-state index in [0.29, 0.717) is 44.6 Å². The van der Waals surface area contributed by atoms with Crippen molar-refractivity contribution in [1.29, 1.82) is 0 Å². The minimum Gasteiger partial charge on any atom is -0.489 e. The Morgan fingerprint density at radius 1 is 0.938 bits per heavy atom. The highest BCUT2D eigenvalue weighted by molar-refractivity contribution is 8.27. The molecular formula is C24H17ClFNO3S2. The van der Waals surface area contributed by atoms with Crippen molar-refractivity contribution in [3.8, 4) is 11.5 Å². The lowest BCUT2D eigenvalue weighted by atomic mass is 10.2. The Morgan fingerprint density at radius 3 is 2.28 bits per heavy atom. The van der Waals surface area contributed by atoms with E-state index in [2.05, 4.69) is 0 Å². The lowest BCUT2D eigenvalue weighted by Crippen LogP contribution is -2.27. The molecule has 3 aromatic rings. The zero-order valence-corrected chi connectivity index (χ0v) is 19.1. The summed E-state index contributed by atoms with van der Waals surface area (Å²) in [6.45, 7) is 0.608. The number of thiocarbonyl (C=S) groups is 1. The van der Waals surface area contributed by atoms with Crippen molar-refractivity contribution >= 4 is 57.6 Å². The van der Waals surface area contributed by atoms with E-state index < -0.39 is 0 Å². The standard InChI is InChI=1S/C24H17ClFNO3S2/c25-19-6-2-4-8-21(19)30-14-13-29-20-7-3-1-5-16(20)15-22-23(28)27(24(31)32-22)18-11-9-17(26)10-12-18/h1-12,15H,13-14H2/b22-15-. The average molecular weight is 486 g/mol. The Hall–Kier alpha value is -2.87. The van der Waals surface area contributed by atoms with E-state index >= 15 is 0 Å². The van der Waals surface area contributed by atoms with Crippen LogP contribution in [-0.4, -0.2) is 23.4 Å². The molecule has 0 bridgehead atoms. The summed E-state index contributed by atoms with van der Waals surface area (Å²) in [6.07, 6.45) is 1.74. The fraction of sp³-hybridized carbons (Fsp3) is 0.0833. The number of thioether (sulfide) groups is 1. The van der Waals surface area contributed by atoms with Crippen LogP contribution in [0.2, 0.25) is 5.02 Å². The topological polar surface area (TPSA) is 38.8 Å². The summed E-state index contributed by atoms with van der Waals surface area (Å²) in [5.41, 5.74) is 1.27. The Bertz CT molecular complexity index is 1180. The van der Waals surface area contributed by atoms with Gasteiger partial charge >= 0.3 is 0 Å². The summed E-state index contributed by atoms with van der Waals surface area (Å²) in [6, 6.07) is 20.3. The molecule has 4 nitrogen and oxygen atoms in total. The average Bonchev–Trinajstić information content (AvgIpc) is 3.07. The molecule has 0 N–H and O–H groups in total. The van der Waals surface area contributed by atoms with Crippen LogP contribution in [-0.2, 0) is 4.79 Å². The van der Waals surface area contributed by atoms with Crippen LogP contribution in [0.25, 0.3) is 6.08 Å². The summed E-state index contributed by atoms with van der Waals surface area (Å²) in [4.78, 5) is 14.8. The molecule has 0 radical (unpaired) electrons. The van der Waals surface area contributed by atoms with Crippen molar-refractivity contribution in [2.75, 3.05) is 18.1 Å². The second-order valence-electron chi connectivity index (χ2n) is 6.66. The van der Waals surface area contributed by atoms with Gasteiger partial charge in [-0.15, -0.1) is 0 Å². The normalized spacial score (nSPS) is 14.8. The number of ether oxygens (including phenoxy) is 2. The summed E-state index contributed by atoms with van der Waals surface area (Å²) in [5, 5.41) is 0.538. The van der Waals surface area contributed by atoms with Crippen molar-refractivity contribution in [1.82, 2.24) is 0 Å². The van der Waals surface area contributed by atoms with Gasteiger partial charge in [-0.25, -0.2) is 4.39 Å². The quantitative estimate of drug-likeness (QED) is 0.222. The fourth-order valence-corrected chi connectivity index (χ4v) is 4.50. The molecule has 1 aliphatic rings. The second-order valence-corrected chi connectivity index (χ2v) is 8.74. The van der Waals surface area contributed by atoms with E-state index in [0.717, 1.165) is 5.56 Å². The molecule has 0 saturated carbocycles. The molecule has 0 aliphatic carbocycles. The minimum atomic E-state index is -0.376. The Balaban J connectivity index is 1.45. The molecule has 4 rings (SSSR count). The fourth-order valence-electron chi connectivity index (χ4n) is 3.02. The lowest BCUT2D eigenvalue weighted by molar-refractivity contribution is -0.113. The lowest BCUT2D eigenvalue weighted by Gasteiger charge is -2.14. The number of para-hydroxylation sites is 2. The third-order valence-corrected chi connectivity index (χ3v) is 6.13. The maximum atomic E-state index is 13.2. The van der Waals surface area contributed by atoms with Gasteiger partial charge < -0.3 is 9.47 Å². The third-order valence-electron chi connectivity index (χ3n) is 4.52. The van der Waals surface area contributed by atoms with Crippen LogP contribution in [0.15, 0.2) is 77.7 Å². The Kier molecular flexibility index (Phi) is 7.09. The Labute approximate surface area is 199 Å². The van der Waals surface area contributed by atoms with Gasteiger partial charge in [0, 0.05) is 5.56 Å². The molecule has 0 spiro atoms. The first-order valence-corrected chi connectivity index (χ1v) is 11.3. The molecule has 3 aromatic carbocycles. The van der Waals surface area contributed by atoms with Crippen molar-refractivity contribution < 1.29 is 18.7 Å². The third kappa shape index (κ3) is 5.12. The van der Waals surface area contributed by atoms with Gasteiger partial charge in [0.05, 0.1) is 15.6 Å². The van der Waals surface area contributed by atoms with Crippen LogP contribution in [0, 0.1) is 5.82 Å². The van der Waals surface area contributed by atoms with Gasteiger partial charge in [0.15, 0.2) is 4.32 Å². The van der Waals surface area contributed by atoms with Crippen LogP contribution in [0.1, 0.15) is 5.56 Å². The van der Waals surface area contributed by atoms with E-state index in [-0.39, 0.29) is 11.7 Å². The molecule has 162 valence electrons. The predicted octanol–water partition coefficient (Wildman–Crippen LogP) is 6.34.